The lowest BCUT2D eigenvalue weighted by Crippen LogP contribution is -2.32. The summed E-state index contributed by atoms with van der Waals surface area (Å²) in [6.07, 6.45) is 5.71. The highest BCUT2D eigenvalue weighted by atomic mass is 16.5. The second kappa shape index (κ2) is 14.0. The van der Waals surface area contributed by atoms with Crippen LogP contribution < -0.4 is 4.74 Å². The summed E-state index contributed by atoms with van der Waals surface area (Å²) in [4.78, 5) is 16.0. The Kier molecular flexibility index (Phi) is 7.88. The van der Waals surface area contributed by atoms with Crippen LogP contribution in [-0.4, -0.2) is 15.0 Å². The number of rotatable bonds is 4. The Balaban J connectivity index is 1.04. The van der Waals surface area contributed by atoms with Gasteiger partial charge in [0.2, 0.25) is 0 Å². The zero-order valence-electron chi connectivity index (χ0n) is 36.0. The minimum atomic E-state index is -0.714. The Labute approximate surface area is 381 Å². The maximum absolute atomic E-state index is 6.77. The number of furan rings is 1. The molecule has 1 spiro atoms. The van der Waals surface area contributed by atoms with Crippen LogP contribution in [0.2, 0.25) is 0 Å². The van der Waals surface area contributed by atoms with Crippen molar-refractivity contribution in [3.63, 3.8) is 0 Å². The van der Waals surface area contributed by atoms with E-state index in [0.29, 0.717) is 23.4 Å². The molecule has 0 saturated heterocycles. The molecule has 2 aromatic heterocycles. The molecule has 5 nitrogen and oxygen atoms in total. The summed E-state index contributed by atoms with van der Waals surface area (Å²) < 4.78 is 13.4. The Morgan fingerprint density at radius 2 is 1.14 bits per heavy atom. The summed E-state index contributed by atoms with van der Waals surface area (Å²) in [7, 11) is 0. The predicted octanol–water partition coefficient (Wildman–Crippen LogP) is 15.6. The van der Waals surface area contributed by atoms with Gasteiger partial charge in [0.15, 0.2) is 17.5 Å². The minimum absolute atomic E-state index is 0.488. The maximum Gasteiger partial charge on any atom is 0.167 e. The molecule has 14 rings (SSSR count). The van der Waals surface area contributed by atoms with Gasteiger partial charge in [0, 0.05) is 33.0 Å². The van der Waals surface area contributed by atoms with Gasteiger partial charge >= 0.3 is 0 Å². The topological polar surface area (TPSA) is 61.0 Å². The average molecular weight is 846 g/mol. The van der Waals surface area contributed by atoms with E-state index in [9.17, 15) is 0 Å². The van der Waals surface area contributed by atoms with E-state index in [4.69, 9.17) is 24.1 Å². The van der Waals surface area contributed by atoms with E-state index in [2.05, 4.69) is 171 Å². The summed E-state index contributed by atoms with van der Waals surface area (Å²) in [6.45, 7) is 2.33. The molecule has 1 atom stereocenters. The Hall–Kier alpha value is -8.41. The molecule has 3 heterocycles. The number of hydrogen-bond acceptors (Lipinski definition) is 5. The van der Waals surface area contributed by atoms with Crippen molar-refractivity contribution in [2.75, 3.05) is 0 Å². The first-order valence-corrected chi connectivity index (χ1v) is 22.7. The molecule has 0 fully saturated rings. The summed E-state index contributed by atoms with van der Waals surface area (Å²) in [5.74, 6) is 3.91. The number of nitrogens with zero attached hydrogens (tertiary/aromatic N) is 3. The van der Waals surface area contributed by atoms with Crippen molar-refractivity contribution >= 4 is 38.8 Å². The highest BCUT2D eigenvalue weighted by Crippen LogP contribution is 2.63. The van der Waals surface area contributed by atoms with Crippen LogP contribution in [0.15, 0.2) is 199 Å². The molecule has 0 bridgehead atoms. The van der Waals surface area contributed by atoms with Crippen LogP contribution in [0.5, 0.6) is 11.5 Å². The van der Waals surface area contributed by atoms with Gasteiger partial charge in [-0.3, -0.25) is 0 Å². The fourth-order valence-electron chi connectivity index (χ4n) is 11.2. The molecule has 5 heteroatoms. The first kappa shape index (κ1) is 37.0. The Bertz CT molecular complexity index is 3820. The van der Waals surface area contributed by atoms with Gasteiger partial charge in [-0.2, -0.15) is 0 Å². The zero-order valence-corrected chi connectivity index (χ0v) is 36.0. The van der Waals surface area contributed by atoms with Gasteiger partial charge in [-0.15, -0.1) is 0 Å². The van der Waals surface area contributed by atoms with Gasteiger partial charge in [-0.05, 0) is 104 Å². The second-order valence-corrected chi connectivity index (χ2v) is 17.8. The lowest BCUT2D eigenvalue weighted by atomic mass is 9.66. The number of para-hydroxylation sites is 4. The fraction of sp³-hybridized carbons (Fsp3) is 0.0656. The molecule has 310 valence electrons. The monoisotopic (exact) mass is 845 g/mol. The van der Waals surface area contributed by atoms with Crippen molar-refractivity contribution in [3.05, 3.63) is 228 Å². The van der Waals surface area contributed by atoms with Gasteiger partial charge in [-0.1, -0.05) is 171 Å². The molecule has 11 aromatic rings. The molecule has 9 aromatic carbocycles. The number of hydrogen-bond donors (Lipinski definition) is 0. The molecule has 0 saturated carbocycles. The molecule has 1 unspecified atom stereocenters. The van der Waals surface area contributed by atoms with Gasteiger partial charge in [0.25, 0.3) is 0 Å². The number of fused-ring (bicyclic) bond motifs is 15. The first-order valence-electron chi connectivity index (χ1n) is 22.7. The van der Waals surface area contributed by atoms with Crippen LogP contribution in [0.25, 0.3) is 95.2 Å². The fourth-order valence-corrected chi connectivity index (χ4v) is 11.2. The maximum atomic E-state index is 6.77. The normalized spacial score (nSPS) is 15.0. The molecule has 0 radical (unpaired) electrons. The van der Waals surface area contributed by atoms with Crippen molar-refractivity contribution in [1.82, 2.24) is 15.0 Å². The summed E-state index contributed by atoms with van der Waals surface area (Å²) >= 11 is 0. The highest BCUT2D eigenvalue weighted by molar-refractivity contribution is 6.09. The van der Waals surface area contributed by atoms with Crippen molar-refractivity contribution in [2.24, 2.45) is 0 Å². The van der Waals surface area contributed by atoms with Gasteiger partial charge in [0.1, 0.15) is 22.7 Å². The van der Waals surface area contributed by atoms with Gasteiger partial charge < -0.3 is 9.15 Å². The van der Waals surface area contributed by atoms with E-state index in [1.807, 2.05) is 36.4 Å². The van der Waals surface area contributed by atoms with E-state index < -0.39 is 5.41 Å². The molecule has 2 aliphatic carbocycles. The van der Waals surface area contributed by atoms with Crippen LogP contribution in [0.1, 0.15) is 52.6 Å². The van der Waals surface area contributed by atoms with Crippen molar-refractivity contribution in [3.8, 4) is 67.9 Å². The third kappa shape index (κ3) is 5.25. The van der Waals surface area contributed by atoms with E-state index >= 15 is 0 Å². The first-order chi connectivity index (χ1) is 32.6. The van der Waals surface area contributed by atoms with Gasteiger partial charge in [-0.25, -0.2) is 15.0 Å². The largest absolute Gasteiger partial charge is 0.457 e. The highest BCUT2D eigenvalue weighted by Gasteiger charge is 2.52. The van der Waals surface area contributed by atoms with Crippen LogP contribution in [0.4, 0.5) is 0 Å². The Morgan fingerprint density at radius 3 is 1.98 bits per heavy atom. The van der Waals surface area contributed by atoms with E-state index in [1.54, 1.807) is 0 Å². The van der Waals surface area contributed by atoms with E-state index in [0.717, 1.165) is 89.9 Å². The lowest BCUT2D eigenvalue weighted by molar-refractivity contribution is 0.436. The molecule has 1 aliphatic heterocycles. The van der Waals surface area contributed by atoms with Crippen LogP contribution >= 0.6 is 0 Å². The van der Waals surface area contributed by atoms with Crippen molar-refractivity contribution < 1.29 is 9.15 Å². The van der Waals surface area contributed by atoms with E-state index in [-0.39, 0.29) is 0 Å². The number of allylic oxidation sites excluding steroid dienone is 1. The third-order valence-corrected chi connectivity index (χ3v) is 14.3. The summed E-state index contributed by atoms with van der Waals surface area (Å²) in [5, 5.41) is 4.61. The molecule has 3 aliphatic rings. The molecular formula is C61H39N3O2. The summed E-state index contributed by atoms with van der Waals surface area (Å²) in [6, 6.07) is 66.9. The molecular weight excluding hydrogens is 807 g/mol. The quantitative estimate of drug-likeness (QED) is 0.177. The number of ether oxygens (including phenoxy) is 1. The lowest BCUT2D eigenvalue weighted by Gasteiger charge is -2.39. The standard InChI is InChI=1S/C61H39N3O2/c1-36-14-11-18-42-41(36)32-30-37-28-29-39(34-48(37)42)40-31-33-45-52(35-40)61(49-22-6-9-26-54(49)65-55-27-10-7-23-50(55)61)51-24-13-20-46(56(45)51)59-62-58(38-15-3-2-4-16-38)63-60(64-59)47-21-12-19-44-43-17-5-8-25-53(43)66-57(44)47/h2-13,15-36H,14H2,1H3. The van der Waals surface area contributed by atoms with E-state index in [1.165, 1.54) is 33.0 Å². The second-order valence-electron chi connectivity index (χ2n) is 17.8. The minimum Gasteiger partial charge on any atom is -0.457 e. The molecule has 0 amide bonds. The SMILES string of the molecule is CC1CC=Cc2c1ccc1ccc(-c3ccc4c(c3)C3(c5ccccc5Oc5ccccc53)c3cccc(-c5nc(-c6ccccc6)nc(-c6cccc7c6oc6ccccc67)n5)c3-4)cc21. The van der Waals surface area contributed by atoms with Crippen molar-refractivity contribution in [1.29, 1.82) is 0 Å². The van der Waals surface area contributed by atoms with Crippen LogP contribution in [0, 0.1) is 0 Å². The smallest absolute Gasteiger partial charge is 0.167 e. The average Bonchev–Trinajstić information content (AvgIpc) is 3.90. The zero-order chi connectivity index (χ0) is 43.5. The van der Waals surface area contributed by atoms with Crippen LogP contribution in [-0.2, 0) is 5.41 Å². The Morgan fingerprint density at radius 1 is 0.485 bits per heavy atom. The number of aromatic nitrogens is 3. The van der Waals surface area contributed by atoms with Crippen molar-refractivity contribution in [2.45, 2.75) is 24.7 Å². The summed E-state index contributed by atoms with van der Waals surface area (Å²) in [5.41, 5.74) is 15.4. The van der Waals surface area contributed by atoms with Crippen LogP contribution in [0.3, 0.4) is 0 Å². The third-order valence-electron chi connectivity index (χ3n) is 14.3. The molecule has 66 heavy (non-hydrogen) atoms. The number of benzene rings is 9. The molecule has 0 N–H and O–H groups in total. The predicted molar refractivity (Wildman–Crippen MR) is 266 cm³/mol. The van der Waals surface area contributed by atoms with Gasteiger partial charge in [0.05, 0.1) is 11.0 Å².